The third kappa shape index (κ3) is 5.00. The molecule has 0 fully saturated rings. The van der Waals surface area contributed by atoms with Gasteiger partial charge in [0.05, 0.1) is 0 Å². The highest BCUT2D eigenvalue weighted by atomic mass is 19.1. The monoisotopic (exact) mass is 211 g/mol. The largest absolute Gasteiger partial charge is 0.481 e. The van der Waals surface area contributed by atoms with Gasteiger partial charge in [-0.2, -0.15) is 0 Å². The second-order valence-electron chi connectivity index (χ2n) is 3.28. The maximum Gasteiger partial charge on any atom is 0.303 e. The predicted octanol–water partition coefficient (Wildman–Crippen LogP) is 2.49. The van der Waals surface area contributed by atoms with E-state index in [4.69, 9.17) is 5.11 Å². The minimum absolute atomic E-state index is 0.200. The molecule has 1 aromatic rings. The topological polar surface area (TPSA) is 49.3 Å². The van der Waals surface area contributed by atoms with E-state index in [1.807, 2.05) is 0 Å². The van der Waals surface area contributed by atoms with E-state index in [1.54, 1.807) is 12.1 Å². The van der Waals surface area contributed by atoms with Gasteiger partial charge in [0.2, 0.25) is 0 Å². The lowest BCUT2D eigenvalue weighted by molar-refractivity contribution is -0.137. The highest BCUT2D eigenvalue weighted by molar-refractivity contribution is 5.66. The molecule has 0 aromatic heterocycles. The summed E-state index contributed by atoms with van der Waals surface area (Å²) >= 11 is 0. The number of carboxylic acid groups (broad SMARTS) is 1. The van der Waals surface area contributed by atoms with Gasteiger partial charge in [-0.1, -0.05) is 0 Å². The number of anilines is 1. The summed E-state index contributed by atoms with van der Waals surface area (Å²) in [4.78, 5) is 10.2. The molecule has 0 aliphatic heterocycles. The Morgan fingerprint density at radius 3 is 2.53 bits per heavy atom. The first-order valence-corrected chi connectivity index (χ1v) is 4.90. The van der Waals surface area contributed by atoms with Crippen molar-refractivity contribution in [1.29, 1.82) is 0 Å². The van der Waals surface area contributed by atoms with Crippen LogP contribution < -0.4 is 5.32 Å². The van der Waals surface area contributed by atoms with Gasteiger partial charge in [-0.15, -0.1) is 0 Å². The Kier molecular flexibility index (Phi) is 4.60. The first-order chi connectivity index (χ1) is 7.18. The van der Waals surface area contributed by atoms with Gasteiger partial charge in [-0.3, -0.25) is 4.79 Å². The minimum Gasteiger partial charge on any atom is -0.481 e. The van der Waals surface area contributed by atoms with E-state index in [2.05, 4.69) is 5.32 Å². The number of benzene rings is 1. The summed E-state index contributed by atoms with van der Waals surface area (Å²) in [6.07, 6.45) is 1.65. The van der Waals surface area contributed by atoms with Crippen LogP contribution in [0.3, 0.4) is 0 Å². The molecule has 0 spiro atoms. The molecule has 0 saturated heterocycles. The third-order valence-electron chi connectivity index (χ3n) is 1.99. The molecule has 0 saturated carbocycles. The Bertz CT molecular complexity index is 311. The molecule has 2 N–H and O–H groups in total. The van der Waals surface area contributed by atoms with Crippen molar-refractivity contribution in [3.05, 3.63) is 30.1 Å². The van der Waals surface area contributed by atoms with Gasteiger partial charge < -0.3 is 10.4 Å². The second-order valence-corrected chi connectivity index (χ2v) is 3.28. The summed E-state index contributed by atoms with van der Waals surface area (Å²) < 4.78 is 12.5. The van der Waals surface area contributed by atoms with Crippen molar-refractivity contribution in [3.8, 4) is 0 Å². The first-order valence-electron chi connectivity index (χ1n) is 4.90. The lowest BCUT2D eigenvalue weighted by Crippen LogP contribution is -2.03. The van der Waals surface area contributed by atoms with Crippen LogP contribution in [-0.4, -0.2) is 17.6 Å². The summed E-state index contributed by atoms with van der Waals surface area (Å²) in [5, 5.41) is 11.5. The van der Waals surface area contributed by atoms with Gasteiger partial charge >= 0.3 is 5.97 Å². The van der Waals surface area contributed by atoms with Crippen LogP contribution in [0.1, 0.15) is 19.3 Å². The van der Waals surface area contributed by atoms with Crippen molar-refractivity contribution in [3.63, 3.8) is 0 Å². The van der Waals surface area contributed by atoms with E-state index >= 15 is 0 Å². The number of hydrogen-bond donors (Lipinski definition) is 2. The molecule has 0 radical (unpaired) electrons. The molecule has 0 heterocycles. The minimum atomic E-state index is -0.767. The van der Waals surface area contributed by atoms with Crippen LogP contribution in [0.5, 0.6) is 0 Å². The van der Waals surface area contributed by atoms with Gasteiger partial charge in [-0.25, -0.2) is 4.39 Å². The van der Waals surface area contributed by atoms with Crippen molar-refractivity contribution < 1.29 is 14.3 Å². The van der Waals surface area contributed by atoms with Crippen LogP contribution in [0.2, 0.25) is 0 Å². The van der Waals surface area contributed by atoms with Crippen LogP contribution in [0.25, 0.3) is 0 Å². The fraction of sp³-hybridized carbons (Fsp3) is 0.364. The summed E-state index contributed by atoms with van der Waals surface area (Å²) in [5.41, 5.74) is 0.853. The average Bonchev–Trinajstić information content (AvgIpc) is 2.20. The number of nitrogens with one attached hydrogen (secondary N) is 1. The third-order valence-corrected chi connectivity index (χ3v) is 1.99. The molecular formula is C11H14FNO2. The van der Waals surface area contributed by atoms with E-state index in [0.29, 0.717) is 13.0 Å². The summed E-state index contributed by atoms with van der Waals surface area (Å²) in [7, 11) is 0. The number of aliphatic carboxylic acids is 1. The van der Waals surface area contributed by atoms with Gasteiger partial charge in [-0.05, 0) is 37.1 Å². The van der Waals surface area contributed by atoms with E-state index in [1.165, 1.54) is 12.1 Å². The SMILES string of the molecule is O=C(O)CCCCNc1ccc(F)cc1. The molecule has 82 valence electrons. The first kappa shape index (κ1) is 11.5. The molecule has 0 unspecified atom stereocenters. The maximum atomic E-state index is 12.5. The Balaban J connectivity index is 2.15. The molecule has 0 atom stereocenters. The van der Waals surface area contributed by atoms with Crippen molar-refractivity contribution >= 4 is 11.7 Å². The molecule has 0 aliphatic rings. The highest BCUT2D eigenvalue weighted by Crippen LogP contribution is 2.08. The van der Waals surface area contributed by atoms with Gasteiger partial charge in [0, 0.05) is 18.7 Å². The molecule has 15 heavy (non-hydrogen) atoms. The smallest absolute Gasteiger partial charge is 0.303 e. The van der Waals surface area contributed by atoms with Crippen LogP contribution in [-0.2, 0) is 4.79 Å². The second kappa shape index (κ2) is 6.01. The van der Waals surface area contributed by atoms with Crippen LogP contribution in [0.4, 0.5) is 10.1 Å². The number of carboxylic acids is 1. The Labute approximate surface area is 87.9 Å². The van der Waals surface area contributed by atoms with E-state index in [-0.39, 0.29) is 12.2 Å². The van der Waals surface area contributed by atoms with Crippen molar-refractivity contribution in [1.82, 2.24) is 0 Å². The van der Waals surface area contributed by atoms with Crippen molar-refractivity contribution in [2.24, 2.45) is 0 Å². The van der Waals surface area contributed by atoms with Crippen molar-refractivity contribution in [2.45, 2.75) is 19.3 Å². The normalized spacial score (nSPS) is 9.93. The van der Waals surface area contributed by atoms with Gasteiger partial charge in [0.15, 0.2) is 0 Å². The number of halogens is 1. The lowest BCUT2D eigenvalue weighted by Gasteiger charge is -2.04. The molecule has 0 amide bonds. The molecule has 1 aromatic carbocycles. The molecule has 4 heteroatoms. The number of unbranched alkanes of at least 4 members (excludes halogenated alkanes) is 1. The zero-order valence-corrected chi connectivity index (χ0v) is 8.37. The van der Waals surface area contributed by atoms with E-state index in [9.17, 15) is 9.18 Å². The maximum absolute atomic E-state index is 12.5. The number of hydrogen-bond acceptors (Lipinski definition) is 2. The number of carbonyl (C=O) groups is 1. The Morgan fingerprint density at radius 2 is 1.93 bits per heavy atom. The Hall–Kier alpha value is -1.58. The summed E-state index contributed by atoms with van der Waals surface area (Å²) in [5.74, 6) is -1.02. The summed E-state index contributed by atoms with van der Waals surface area (Å²) in [6.45, 7) is 0.707. The summed E-state index contributed by atoms with van der Waals surface area (Å²) in [6, 6.07) is 6.10. The van der Waals surface area contributed by atoms with Crippen LogP contribution in [0, 0.1) is 5.82 Å². The standard InChI is InChI=1S/C11H14FNO2/c12-9-4-6-10(7-5-9)13-8-2-1-3-11(14)15/h4-7,13H,1-3,8H2,(H,14,15). The van der Waals surface area contributed by atoms with E-state index in [0.717, 1.165) is 12.1 Å². The Morgan fingerprint density at radius 1 is 1.27 bits per heavy atom. The molecule has 0 aliphatic carbocycles. The van der Waals surface area contributed by atoms with Gasteiger partial charge in [0.25, 0.3) is 0 Å². The molecule has 1 rings (SSSR count). The zero-order chi connectivity index (χ0) is 11.1. The molecular weight excluding hydrogens is 197 g/mol. The average molecular weight is 211 g/mol. The van der Waals surface area contributed by atoms with Gasteiger partial charge in [0.1, 0.15) is 5.82 Å². The van der Waals surface area contributed by atoms with E-state index < -0.39 is 5.97 Å². The fourth-order valence-corrected chi connectivity index (χ4v) is 1.20. The molecule has 3 nitrogen and oxygen atoms in total. The van der Waals surface area contributed by atoms with Crippen molar-refractivity contribution in [2.75, 3.05) is 11.9 Å². The fourth-order valence-electron chi connectivity index (χ4n) is 1.20. The molecule has 0 bridgehead atoms. The van der Waals surface area contributed by atoms with Crippen LogP contribution in [0.15, 0.2) is 24.3 Å². The zero-order valence-electron chi connectivity index (χ0n) is 8.37. The predicted molar refractivity (Wildman–Crippen MR) is 56.4 cm³/mol. The quantitative estimate of drug-likeness (QED) is 0.711. The highest BCUT2D eigenvalue weighted by Gasteiger charge is 1.96. The number of rotatable bonds is 6. The lowest BCUT2D eigenvalue weighted by atomic mass is 10.2. The van der Waals surface area contributed by atoms with Crippen LogP contribution >= 0.6 is 0 Å².